The summed E-state index contributed by atoms with van der Waals surface area (Å²) in [7, 11) is -3.55. The van der Waals surface area contributed by atoms with E-state index in [-0.39, 0.29) is 23.3 Å². The van der Waals surface area contributed by atoms with Gasteiger partial charge in [-0.3, -0.25) is 9.59 Å². The molecule has 0 spiro atoms. The van der Waals surface area contributed by atoms with Crippen molar-refractivity contribution in [3.8, 4) is 0 Å². The summed E-state index contributed by atoms with van der Waals surface area (Å²) in [6.07, 6.45) is 3.22. The molecule has 32 heavy (non-hydrogen) atoms. The molecule has 2 aliphatic heterocycles. The lowest BCUT2D eigenvalue weighted by atomic mass is 10.1. The van der Waals surface area contributed by atoms with Crippen LogP contribution in [-0.4, -0.2) is 44.2 Å². The molecular weight excluding hydrogens is 450 g/mol. The third-order valence-corrected chi connectivity index (χ3v) is 8.33. The summed E-state index contributed by atoms with van der Waals surface area (Å²) in [5.41, 5.74) is 2.70. The summed E-state index contributed by atoms with van der Waals surface area (Å²) in [6.45, 7) is 2.73. The second-order valence-corrected chi connectivity index (χ2v) is 10.5. The zero-order valence-corrected chi connectivity index (χ0v) is 19.5. The van der Waals surface area contributed by atoms with E-state index in [1.54, 1.807) is 30.3 Å². The number of hydrogen-bond acceptors (Lipinski definition) is 4. The van der Waals surface area contributed by atoms with Gasteiger partial charge in [0.25, 0.3) is 0 Å². The van der Waals surface area contributed by atoms with E-state index < -0.39 is 10.0 Å². The van der Waals surface area contributed by atoms with Gasteiger partial charge in [0.2, 0.25) is 21.8 Å². The fourth-order valence-electron chi connectivity index (χ4n) is 4.21. The summed E-state index contributed by atoms with van der Waals surface area (Å²) < 4.78 is 27.4. The van der Waals surface area contributed by atoms with Crippen molar-refractivity contribution in [3.63, 3.8) is 0 Å². The standard InChI is InChI=1S/C23H26ClN3O4S/c1-16-19(24)7-5-8-20(16)25-22(28)15-27-21-11-10-18(14-17(21)6-4-9-23(27)29)32(30,31)26-12-2-3-13-26/h5,7-8,10-11,14H,2-4,6,9,12-13,15H2,1H3,(H,25,28). The molecule has 0 aromatic heterocycles. The normalized spacial score (nSPS) is 17.2. The summed E-state index contributed by atoms with van der Waals surface area (Å²) in [5.74, 6) is -0.498. The van der Waals surface area contributed by atoms with Gasteiger partial charge < -0.3 is 10.2 Å². The van der Waals surface area contributed by atoms with E-state index in [4.69, 9.17) is 11.6 Å². The minimum absolute atomic E-state index is 0.156. The third-order valence-electron chi connectivity index (χ3n) is 6.03. The Labute approximate surface area is 193 Å². The summed E-state index contributed by atoms with van der Waals surface area (Å²) in [5, 5.41) is 3.37. The van der Waals surface area contributed by atoms with E-state index in [9.17, 15) is 18.0 Å². The maximum atomic E-state index is 13.0. The van der Waals surface area contributed by atoms with Gasteiger partial charge in [0, 0.05) is 35.9 Å². The molecule has 0 saturated carbocycles. The average Bonchev–Trinajstić information content (AvgIpc) is 3.26. The molecule has 170 valence electrons. The lowest BCUT2D eigenvalue weighted by molar-refractivity contribution is -0.121. The second kappa shape index (κ2) is 9.21. The van der Waals surface area contributed by atoms with Crippen LogP contribution in [0.4, 0.5) is 11.4 Å². The molecule has 0 radical (unpaired) electrons. The highest BCUT2D eigenvalue weighted by atomic mass is 35.5. The number of hydrogen-bond donors (Lipinski definition) is 1. The first-order chi connectivity index (χ1) is 15.3. The van der Waals surface area contributed by atoms with Gasteiger partial charge in [0.15, 0.2) is 0 Å². The van der Waals surface area contributed by atoms with E-state index in [0.29, 0.717) is 48.7 Å². The molecule has 0 aliphatic carbocycles. The number of anilines is 2. The van der Waals surface area contributed by atoms with Crippen molar-refractivity contribution in [2.24, 2.45) is 0 Å². The fraction of sp³-hybridized carbons (Fsp3) is 0.391. The molecule has 0 unspecified atom stereocenters. The largest absolute Gasteiger partial charge is 0.324 e. The van der Waals surface area contributed by atoms with Gasteiger partial charge in [-0.1, -0.05) is 17.7 Å². The lowest BCUT2D eigenvalue weighted by Gasteiger charge is -2.24. The summed E-state index contributed by atoms with van der Waals surface area (Å²) in [4.78, 5) is 27.2. The molecule has 2 amide bonds. The van der Waals surface area contributed by atoms with E-state index >= 15 is 0 Å². The van der Waals surface area contributed by atoms with Crippen molar-refractivity contribution in [1.29, 1.82) is 0 Å². The van der Waals surface area contributed by atoms with Crippen LogP contribution < -0.4 is 10.2 Å². The predicted molar refractivity (Wildman–Crippen MR) is 125 cm³/mol. The molecule has 1 N–H and O–H groups in total. The number of nitrogens with zero attached hydrogens (tertiary/aromatic N) is 2. The molecular formula is C23H26ClN3O4S. The molecule has 2 aromatic rings. The van der Waals surface area contributed by atoms with Gasteiger partial charge in [0.1, 0.15) is 6.54 Å². The summed E-state index contributed by atoms with van der Waals surface area (Å²) >= 11 is 6.13. The Morgan fingerprint density at radius 1 is 1.09 bits per heavy atom. The van der Waals surface area contributed by atoms with Crippen LogP contribution in [0.25, 0.3) is 0 Å². The predicted octanol–water partition coefficient (Wildman–Crippen LogP) is 3.74. The van der Waals surface area contributed by atoms with Crippen LogP contribution in [0.1, 0.15) is 36.8 Å². The van der Waals surface area contributed by atoms with Gasteiger partial charge >= 0.3 is 0 Å². The van der Waals surface area contributed by atoms with Crippen LogP contribution in [-0.2, 0) is 26.0 Å². The SMILES string of the molecule is Cc1c(Cl)cccc1NC(=O)CN1C(=O)CCCc2cc(S(=O)(=O)N3CCCC3)ccc21. The molecule has 7 nitrogen and oxygen atoms in total. The first-order valence-electron chi connectivity index (χ1n) is 10.8. The van der Waals surface area contributed by atoms with Gasteiger partial charge in [-0.05, 0) is 74.1 Å². The zero-order valence-electron chi connectivity index (χ0n) is 17.9. The lowest BCUT2D eigenvalue weighted by Crippen LogP contribution is -2.38. The number of sulfonamides is 1. The topological polar surface area (TPSA) is 86.8 Å². The Morgan fingerprint density at radius 3 is 2.59 bits per heavy atom. The van der Waals surface area contributed by atoms with E-state index in [2.05, 4.69) is 5.32 Å². The van der Waals surface area contributed by atoms with Crippen molar-refractivity contribution in [2.75, 3.05) is 29.9 Å². The maximum absolute atomic E-state index is 13.0. The third kappa shape index (κ3) is 4.53. The molecule has 1 saturated heterocycles. The van der Waals surface area contributed by atoms with Gasteiger partial charge in [-0.15, -0.1) is 0 Å². The monoisotopic (exact) mass is 475 g/mol. The molecule has 1 fully saturated rings. The second-order valence-electron chi connectivity index (χ2n) is 8.20. The molecule has 0 bridgehead atoms. The van der Waals surface area contributed by atoms with Crippen LogP contribution in [0.15, 0.2) is 41.3 Å². The number of halogens is 1. The Morgan fingerprint density at radius 2 is 1.84 bits per heavy atom. The Bertz CT molecular complexity index is 1160. The van der Waals surface area contributed by atoms with Crippen LogP contribution in [0.3, 0.4) is 0 Å². The molecule has 9 heteroatoms. The number of aryl methyl sites for hydroxylation is 1. The van der Waals surface area contributed by atoms with Crippen molar-refractivity contribution in [2.45, 2.75) is 43.9 Å². The number of carbonyl (C=O) groups excluding carboxylic acids is 2. The number of fused-ring (bicyclic) bond motifs is 1. The fourth-order valence-corrected chi connectivity index (χ4v) is 5.96. The Kier molecular flexibility index (Phi) is 6.55. The van der Waals surface area contributed by atoms with Crippen LogP contribution in [0, 0.1) is 6.92 Å². The minimum Gasteiger partial charge on any atom is -0.324 e. The smallest absolute Gasteiger partial charge is 0.244 e. The number of rotatable bonds is 5. The van der Waals surface area contributed by atoms with Crippen LogP contribution in [0.5, 0.6) is 0 Å². The quantitative estimate of drug-likeness (QED) is 0.713. The first-order valence-corrected chi connectivity index (χ1v) is 12.6. The molecule has 0 atom stereocenters. The number of carbonyl (C=O) groups is 2. The van der Waals surface area contributed by atoms with E-state index in [1.165, 1.54) is 15.3 Å². The van der Waals surface area contributed by atoms with Crippen molar-refractivity contribution in [1.82, 2.24) is 4.31 Å². The van der Waals surface area contributed by atoms with E-state index in [1.807, 2.05) is 6.92 Å². The maximum Gasteiger partial charge on any atom is 0.244 e. The van der Waals surface area contributed by atoms with Crippen molar-refractivity contribution >= 4 is 44.8 Å². The molecule has 4 rings (SSSR count). The van der Waals surface area contributed by atoms with Crippen molar-refractivity contribution in [3.05, 3.63) is 52.5 Å². The summed E-state index contributed by atoms with van der Waals surface area (Å²) in [6, 6.07) is 10.1. The van der Waals surface area contributed by atoms with Gasteiger partial charge in [-0.2, -0.15) is 4.31 Å². The highest BCUT2D eigenvalue weighted by Gasteiger charge is 2.30. The minimum atomic E-state index is -3.55. The number of benzene rings is 2. The van der Waals surface area contributed by atoms with E-state index in [0.717, 1.165) is 24.0 Å². The molecule has 2 aromatic carbocycles. The highest BCUT2D eigenvalue weighted by Crippen LogP contribution is 2.31. The number of nitrogens with one attached hydrogen (secondary N) is 1. The van der Waals surface area contributed by atoms with Crippen LogP contribution >= 0.6 is 11.6 Å². The Hall–Kier alpha value is -2.42. The zero-order chi connectivity index (χ0) is 22.9. The highest BCUT2D eigenvalue weighted by molar-refractivity contribution is 7.89. The van der Waals surface area contributed by atoms with Crippen LogP contribution in [0.2, 0.25) is 5.02 Å². The number of amides is 2. The molecule has 2 heterocycles. The van der Waals surface area contributed by atoms with Gasteiger partial charge in [0.05, 0.1) is 4.90 Å². The van der Waals surface area contributed by atoms with Gasteiger partial charge in [-0.25, -0.2) is 8.42 Å². The average molecular weight is 476 g/mol. The Balaban J connectivity index is 1.59. The van der Waals surface area contributed by atoms with Crippen molar-refractivity contribution < 1.29 is 18.0 Å². The molecule has 2 aliphatic rings. The first kappa shape index (κ1) is 22.8.